The number of fused-ring (bicyclic) bond motifs is 1. The number of nitrogens with zero attached hydrogens (tertiary/aromatic N) is 2. The number of pyridine rings is 2. The van der Waals surface area contributed by atoms with E-state index in [-0.39, 0.29) is 11.4 Å². The van der Waals surface area contributed by atoms with Crippen LogP contribution in [0.4, 0.5) is 20.6 Å². The lowest BCUT2D eigenvalue weighted by Gasteiger charge is -2.15. The third-order valence-corrected chi connectivity index (χ3v) is 7.91. The largest absolute Gasteiger partial charge is 0.388 e. The van der Waals surface area contributed by atoms with E-state index in [9.17, 15) is 13.8 Å². The molecule has 11 heteroatoms. The highest BCUT2D eigenvalue weighted by Crippen LogP contribution is 2.30. The normalized spacial score (nSPS) is 11.7. The number of amides is 2. The molecule has 0 radical (unpaired) electrons. The van der Waals surface area contributed by atoms with E-state index in [0.29, 0.717) is 15.0 Å². The Bertz CT molecular complexity index is 1640. The highest BCUT2D eigenvalue weighted by Gasteiger charge is 2.16. The van der Waals surface area contributed by atoms with E-state index in [1.165, 1.54) is 22.1 Å². The number of thioether (sulfide) groups is 1. The summed E-state index contributed by atoms with van der Waals surface area (Å²) in [7, 11) is -0.00954. The minimum absolute atomic E-state index is 0.0121. The van der Waals surface area contributed by atoms with Gasteiger partial charge in [0.25, 0.3) is 5.56 Å². The van der Waals surface area contributed by atoms with E-state index in [1.54, 1.807) is 50.8 Å². The van der Waals surface area contributed by atoms with E-state index >= 15 is 4.39 Å². The van der Waals surface area contributed by atoms with Crippen molar-refractivity contribution in [2.24, 2.45) is 0 Å². The lowest BCUT2D eigenvalue weighted by molar-refractivity contribution is 0.257. The minimum Gasteiger partial charge on any atom is -0.388 e. The van der Waals surface area contributed by atoms with Gasteiger partial charge >= 0.3 is 6.03 Å². The first-order valence-corrected chi connectivity index (χ1v) is 14.4. The van der Waals surface area contributed by atoms with Gasteiger partial charge in [0.05, 0.1) is 9.92 Å². The fourth-order valence-electron chi connectivity index (χ4n) is 3.81. The van der Waals surface area contributed by atoms with E-state index in [0.717, 1.165) is 34.6 Å². The van der Waals surface area contributed by atoms with Crippen molar-refractivity contribution in [3.8, 4) is 16.8 Å². The molecule has 1 atom stereocenters. The molecule has 2 amide bonds. The third-order valence-electron chi connectivity index (χ3n) is 5.57. The second-order valence-corrected chi connectivity index (χ2v) is 10.3. The average molecular weight is 580 g/mol. The number of urea groups is 1. The quantitative estimate of drug-likeness (QED) is 0.212. The Morgan fingerprint density at radius 3 is 2.40 bits per heavy atom. The van der Waals surface area contributed by atoms with Crippen molar-refractivity contribution < 1.29 is 13.4 Å². The van der Waals surface area contributed by atoms with Gasteiger partial charge in [0.1, 0.15) is 5.82 Å². The van der Waals surface area contributed by atoms with Crippen LogP contribution in [-0.4, -0.2) is 26.8 Å². The average Bonchev–Trinajstić information content (AvgIpc) is 2.97. The maximum Gasteiger partial charge on any atom is 0.331 e. The summed E-state index contributed by atoms with van der Waals surface area (Å²) >= 11 is 1.12. The molecule has 0 fully saturated rings. The maximum absolute atomic E-state index is 15.3. The molecule has 4 aromatic rings. The summed E-state index contributed by atoms with van der Waals surface area (Å²) in [5.41, 5.74) is 2.10. The summed E-state index contributed by atoms with van der Waals surface area (Å²) in [6, 6.07) is 12.2. The Labute approximate surface area is 239 Å². The first-order chi connectivity index (χ1) is 19.4. The predicted octanol–water partition coefficient (Wildman–Crippen LogP) is 6.78. The van der Waals surface area contributed by atoms with Crippen LogP contribution in [0.3, 0.4) is 0 Å². The zero-order valence-electron chi connectivity index (χ0n) is 22.5. The van der Waals surface area contributed by atoms with Gasteiger partial charge < -0.3 is 10.6 Å². The van der Waals surface area contributed by atoms with Crippen LogP contribution in [0, 0.1) is 5.82 Å². The topological polar surface area (TPSA) is 105 Å². The van der Waals surface area contributed by atoms with Crippen LogP contribution in [0.1, 0.15) is 20.8 Å². The van der Waals surface area contributed by atoms with Gasteiger partial charge in [-0.05, 0) is 71.8 Å². The molecular weight excluding hydrogens is 549 g/mol. The smallest absolute Gasteiger partial charge is 0.331 e. The summed E-state index contributed by atoms with van der Waals surface area (Å²) in [4.78, 5) is 29.8. The Kier molecular flexibility index (Phi) is 10.8. The molecule has 0 bridgehead atoms. The first-order valence-electron chi connectivity index (χ1n) is 12.4. The fraction of sp³-hybridized carbons (Fsp3) is 0.138. The number of aromatic nitrogens is 2. The Hall–Kier alpha value is -4.22. The molecule has 2 aromatic carbocycles. The number of rotatable bonds is 8. The van der Waals surface area contributed by atoms with Gasteiger partial charge in [0.15, 0.2) is 11.0 Å². The zero-order valence-corrected chi connectivity index (χ0v) is 24.2. The molecule has 4 rings (SSSR count). The van der Waals surface area contributed by atoms with Gasteiger partial charge in [0.2, 0.25) is 0 Å². The number of anilines is 2. The molecule has 1 unspecified atom stereocenters. The lowest BCUT2D eigenvalue weighted by Crippen LogP contribution is -2.30. The summed E-state index contributed by atoms with van der Waals surface area (Å²) in [6.45, 7) is 9.25. The first kappa shape index (κ1) is 30.3. The molecule has 0 saturated carbocycles. The second-order valence-electron chi connectivity index (χ2n) is 7.85. The number of carbonyl (C=O) groups is 1. The predicted molar refractivity (Wildman–Crippen MR) is 165 cm³/mol. The summed E-state index contributed by atoms with van der Waals surface area (Å²) in [5, 5.41) is 8.16. The van der Waals surface area contributed by atoms with Gasteiger partial charge in [-0.3, -0.25) is 19.1 Å². The maximum atomic E-state index is 15.3. The highest BCUT2D eigenvalue weighted by molar-refractivity contribution is 8.17. The van der Waals surface area contributed by atoms with Crippen molar-refractivity contribution in [3.05, 3.63) is 106 Å². The number of carbonyl (C=O) groups excluding carboxylic acids is 1. The molecule has 0 aliphatic carbocycles. The summed E-state index contributed by atoms with van der Waals surface area (Å²) in [6.07, 6.45) is 6.48. The SMILES string of the molecule is C=CS/C(=C\C)S(=O)NC(=O)Nc1ccc(-n2cc(-c3ccncc3)c3cc(NC)ccc3c2=O)c(F)c1.CC. The molecule has 8 nitrogen and oxygen atoms in total. The Morgan fingerprint density at radius 2 is 1.77 bits per heavy atom. The molecule has 0 aliphatic heterocycles. The molecule has 0 spiro atoms. The van der Waals surface area contributed by atoms with Crippen molar-refractivity contribution in [1.82, 2.24) is 14.3 Å². The molecule has 40 heavy (non-hydrogen) atoms. The number of halogens is 1. The van der Waals surface area contributed by atoms with Gasteiger partial charge in [-0.2, -0.15) is 0 Å². The number of nitrogens with one attached hydrogen (secondary N) is 3. The summed E-state index contributed by atoms with van der Waals surface area (Å²) < 4.78 is 31.6. The third kappa shape index (κ3) is 6.85. The van der Waals surface area contributed by atoms with Crippen LogP contribution in [0.5, 0.6) is 0 Å². The lowest BCUT2D eigenvalue weighted by atomic mass is 10.0. The van der Waals surface area contributed by atoms with Gasteiger partial charge in [-0.25, -0.2) is 13.4 Å². The number of benzene rings is 2. The van der Waals surface area contributed by atoms with Crippen molar-refractivity contribution in [3.63, 3.8) is 0 Å². The molecular formula is C29H30FN5O3S2. The minimum atomic E-state index is -1.80. The Morgan fingerprint density at radius 1 is 1.07 bits per heavy atom. The van der Waals surface area contributed by atoms with Crippen LogP contribution in [0.2, 0.25) is 0 Å². The molecule has 208 valence electrons. The van der Waals surface area contributed by atoms with E-state index in [2.05, 4.69) is 26.9 Å². The van der Waals surface area contributed by atoms with Crippen molar-refractivity contribution in [2.45, 2.75) is 20.8 Å². The second kappa shape index (κ2) is 14.2. The van der Waals surface area contributed by atoms with Crippen LogP contribution >= 0.6 is 11.8 Å². The number of hydrogen-bond donors (Lipinski definition) is 3. The molecule has 0 aliphatic rings. The van der Waals surface area contributed by atoms with Crippen LogP contribution in [0.25, 0.3) is 27.6 Å². The van der Waals surface area contributed by atoms with Gasteiger partial charge in [-0.1, -0.05) is 38.3 Å². The molecule has 3 N–H and O–H groups in total. The zero-order chi connectivity index (χ0) is 29.2. The molecule has 2 aromatic heterocycles. The van der Waals surface area contributed by atoms with Gasteiger partial charge in [-0.15, -0.1) is 0 Å². The standard InChI is InChI=1S/C27H24FN5O3S2.C2H6/c1-4-25(37-5-2)38(36)32-27(35)31-19-7-9-24(23(28)15-19)33-16-22(17-10-12-30-13-11-17)21-14-18(29-3)6-8-20(21)26(33)34;1-2/h4-16,29H,2H2,1,3H3,(H2,31,32,35);1-2H3/b25-4+;. The number of allylic oxidation sites excluding steroid dienone is 1. The van der Waals surface area contributed by atoms with Crippen LogP contribution < -0.4 is 20.9 Å². The van der Waals surface area contributed by atoms with Crippen LogP contribution in [-0.2, 0) is 11.0 Å². The fourth-order valence-corrected chi connectivity index (χ4v) is 5.32. The van der Waals surface area contributed by atoms with Crippen molar-refractivity contribution in [1.29, 1.82) is 0 Å². The van der Waals surface area contributed by atoms with E-state index in [4.69, 9.17) is 0 Å². The van der Waals surface area contributed by atoms with Crippen molar-refractivity contribution in [2.75, 3.05) is 17.7 Å². The Balaban J connectivity index is 0.00000216. The molecule has 2 heterocycles. The summed E-state index contributed by atoms with van der Waals surface area (Å²) in [5.74, 6) is -0.728. The monoisotopic (exact) mass is 579 g/mol. The molecule has 0 saturated heterocycles. The van der Waals surface area contributed by atoms with Crippen molar-refractivity contribution >= 4 is 50.9 Å². The number of hydrogen-bond acceptors (Lipinski definition) is 6. The highest BCUT2D eigenvalue weighted by atomic mass is 32.2. The van der Waals surface area contributed by atoms with E-state index in [1.807, 2.05) is 32.0 Å². The van der Waals surface area contributed by atoms with Gasteiger partial charge in [0, 0.05) is 48.0 Å². The van der Waals surface area contributed by atoms with Crippen LogP contribution in [0.15, 0.2) is 94.2 Å². The van der Waals surface area contributed by atoms with E-state index < -0.39 is 28.4 Å².